The first-order valence-corrected chi connectivity index (χ1v) is 5.67. The van der Waals surface area contributed by atoms with Crippen molar-refractivity contribution in [3.05, 3.63) is 0 Å². The fraction of sp³-hybridized carbons (Fsp3) is 1.00. The molecule has 0 aromatic rings. The molecule has 1 fully saturated rings. The molecule has 1 aliphatic heterocycles. The van der Waals surface area contributed by atoms with Crippen LogP contribution in [0.3, 0.4) is 0 Å². The highest BCUT2D eigenvalue weighted by Crippen LogP contribution is 2.22. The molecule has 3 atom stereocenters. The van der Waals surface area contributed by atoms with E-state index in [0.29, 0.717) is 16.1 Å². The van der Waals surface area contributed by atoms with E-state index in [4.69, 9.17) is 4.74 Å². The Morgan fingerprint density at radius 3 is 2.75 bits per heavy atom. The van der Waals surface area contributed by atoms with Crippen molar-refractivity contribution in [1.82, 2.24) is 10.6 Å². The predicted octanol–water partition coefficient (Wildman–Crippen LogP) is 0.734. The molecular formula is C8H17IN2O. The van der Waals surface area contributed by atoms with E-state index in [2.05, 4.69) is 33.2 Å². The number of likely N-dealkylation sites (N-methyl/N-ethyl adjacent to an activating group) is 1. The Kier molecular flexibility index (Phi) is 4.78. The van der Waals surface area contributed by atoms with Gasteiger partial charge in [0.15, 0.2) is 0 Å². The van der Waals surface area contributed by atoms with E-state index < -0.39 is 0 Å². The third kappa shape index (κ3) is 3.55. The summed E-state index contributed by atoms with van der Waals surface area (Å²) in [7, 11) is 1.99. The minimum Gasteiger partial charge on any atom is -0.380 e. The van der Waals surface area contributed by atoms with Crippen molar-refractivity contribution < 1.29 is 4.74 Å². The highest BCUT2D eigenvalue weighted by molar-refractivity contribution is 14.1. The molecule has 0 amide bonds. The Morgan fingerprint density at radius 2 is 2.33 bits per heavy atom. The van der Waals surface area contributed by atoms with Crippen molar-refractivity contribution in [3.63, 3.8) is 0 Å². The molecule has 0 radical (unpaired) electrons. The fourth-order valence-corrected chi connectivity index (χ4v) is 1.93. The van der Waals surface area contributed by atoms with Gasteiger partial charge in [-0.1, -0.05) is 22.6 Å². The van der Waals surface area contributed by atoms with Gasteiger partial charge in [-0.2, -0.15) is 0 Å². The van der Waals surface area contributed by atoms with Crippen LogP contribution in [0.25, 0.3) is 0 Å². The molecule has 12 heavy (non-hydrogen) atoms. The average molecular weight is 284 g/mol. The molecule has 0 aromatic heterocycles. The molecule has 4 heteroatoms. The first-order valence-electron chi connectivity index (χ1n) is 4.43. The van der Waals surface area contributed by atoms with E-state index in [1.165, 1.54) is 6.42 Å². The van der Waals surface area contributed by atoms with Gasteiger partial charge in [-0.05, 0) is 20.4 Å². The van der Waals surface area contributed by atoms with Crippen molar-refractivity contribution in [2.45, 2.75) is 29.5 Å². The van der Waals surface area contributed by atoms with Crippen LogP contribution in [-0.2, 0) is 4.74 Å². The topological polar surface area (TPSA) is 43.2 Å². The van der Waals surface area contributed by atoms with Crippen LogP contribution in [0.15, 0.2) is 0 Å². The molecule has 1 aliphatic rings. The highest BCUT2D eigenvalue weighted by atomic mass is 127. The maximum atomic E-state index is 5.36. The minimum atomic E-state index is 0.502. The van der Waals surface area contributed by atoms with Crippen molar-refractivity contribution in [1.29, 1.82) is 0 Å². The van der Waals surface area contributed by atoms with Crippen molar-refractivity contribution in [2.75, 3.05) is 20.3 Å². The van der Waals surface area contributed by atoms with E-state index in [1.54, 1.807) is 0 Å². The summed E-state index contributed by atoms with van der Waals surface area (Å²) in [6, 6.07) is 1.20. The van der Waals surface area contributed by atoms with Crippen LogP contribution in [-0.4, -0.2) is 36.4 Å². The van der Waals surface area contributed by atoms with Crippen LogP contribution < -0.4 is 10.6 Å². The van der Waals surface area contributed by atoms with E-state index in [9.17, 15) is 0 Å². The second kappa shape index (κ2) is 5.36. The van der Waals surface area contributed by atoms with Gasteiger partial charge in [0.1, 0.15) is 0 Å². The van der Waals surface area contributed by atoms with Crippen LogP contribution in [0.2, 0.25) is 0 Å². The molecule has 3 unspecified atom stereocenters. The number of ether oxygens (including phenoxy) is 1. The van der Waals surface area contributed by atoms with Gasteiger partial charge in [0, 0.05) is 18.7 Å². The van der Waals surface area contributed by atoms with Crippen LogP contribution in [0.5, 0.6) is 0 Å². The summed E-state index contributed by atoms with van der Waals surface area (Å²) in [6.45, 7) is 3.67. The zero-order chi connectivity index (χ0) is 8.97. The van der Waals surface area contributed by atoms with E-state index >= 15 is 0 Å². The van der Waals surface area contributed by atoms with E-state index in [-0.39, 0.29) is 0 Å². The number of alkyl halides is 1. The molecule has 3 nitrogen and oxygen atoms in total. The predicted molar refractivity (Wildman–Crippen MR) is 58.7 cm³/mol. The van der Waals surface area contributed by atoms with Gasteiger partial charge >= 0.3 is 0 Å². The Hall–Kier alpha value is 0.610. The van der Waals surface area contributed by atoms with Crippen molar-refractivity contribution in [3.8, 4) is 0 Å². The molecular weight excluding hydrogens is 267 g/mol. The fourth-order valence-electron chi connectivity index (χ4n) is 1.17. The zero-order valence-corrected chi connectivity index (χ0v) is 9.80. The second-order valence-corrected chi connectivity index (χ2v) is 4.40. The Balaban J connectivity index is 2.08. The molecule has 1 saturated heterocycles. The van der Waals surface area contributed by atoms with Gasteiger partial charge in [0.05, 0.1) is 10.7 Å². The molecule has 72 valence electrons. The van der Waals surface area contributed by atoms with Gasteiger partial charge in [0.2, 0.25) is 0 Å². The normalized spacial score (nSPS) is 30.2. The van der Waals surface area contributed by atoms with Gasteiger partial charge in [-0.25, -0.2) is 0 Å². The van der Waals surface area contributed by atoms with Gasteiger partial charge in [-0.15, -0.1) is 0 Å². The number of hydrogen-bond acceptors (Lipinski definition) is 3. The lowest BCUT2D eigenvalue weighted by Gasteiger charge is -2.14. The van der Waals surface area contributed by atoms with Crippen LogP contribution in [0.4, 0.5) is 0 Å². The molecule has 1 heterocycles. The van der Waals surface area contributed by atoms with E-state index in [0.717, 1.165) is 13.2 Å². The third-order valence-corrected chi connectivity index (χ3v) is 3.31. The number of hydrogen-bond donors (Lipinski definition) is 2. The maximum absolute atomic E-state index is 5.36. The van der Waals surface area contributed by atoms with Gasteiger partial charge in [0.25, 0.3) is 0 Å². The summed E-state index contributed by atoms with van der Waals surface area (Å²) < 4.78 is 6.04. The molecule has 0 spiro atoms. The summed E-state index contributed by atoms with van der Waals surface area (Å²) in [6.07, 6.45) is 1.17. The summed E-state index contributed by atoms with van der Waals surface area (Å²) in [5, 5.41) is 6.62. The SMILES string of the molecule is CCOCC(CC1NC1I)NC. The van der Waals surface area contributed by atoms with Crippen LogP contribution in [0.1, 0.15) is 13.3 Å². The Morgan fingerprint density at radius 1 is 1.67 bits per heavy atom. The van der Waals surface area contributed by atoms with Crippen LogP contribution >= 0.6 is 22.6 Å². The first-order chi connectivity index (χ1) is 5.77. The molecule has 0 aliphatic carbocycles. The zero-order valence-electron chi connectivity index (χ0n) is 7.64. The Bertz CT molecular complexity index is 134. The number of rotatable bonds is 6. The largest absolute Gasteiger partial charge is 0.380 e. The molecule has 1 rings (SSSR count). The lowest BCUT2D eigenvalue weighted by atomic mass is 10.2. The summed E-state index contributed by atoms with van der Waals surface area (Å²) in [5.74, 6) is 0. The number of nitrogens with one attached hydrogen (secondary N) is 2. The summed E-state index contributed by atoms with van der Waals surface area (Å²) >= 11 is 2.42. The lowest BCUT2D eigenvalue weighted by Crippen LogP contribution is -2.32. The first kappa shape index (κ1) is 10.7. The quantitative estimate of drug-likeness (QED) is 0.327. The molecule has 2 N–H and O–H groups in total. The van der Waals surface area contributed by atoms with Crippen LogP contribution in [0, 0.1) is 0 Å². The Labute approximate surface area is 87.8 Å². The van der Waals surface area contributed by atoms with E-state index in [1.807, 2.05) is 14.0 Å². The van der Waals surface area contributed by atoms with Gasteiger partial charge < -0.3 is 10.1 Å². The standard InChI is InChI=1S/C8H17IN2O/c1-3-12-5-6(10-2)4-7-8(9)11-7/h6-8,10-11H,3-5H2,1-2H3. The van der Waals surface area contributed by atoms with Crippen molar-refractivity contribution in [2.24, 2.45) is 0 Å². The van der Waals surface area contributed by atoms with Crippen molar-refractivity contribution >= 4 is 22.6 Å². The smallest absolute Gasteiger partial charge is 0.0752 e. The third-order valence-electron chi connectivity index (χ3n) is 2.09. The highest BCUT2D eigenvalue weighted by Gasteiger charge is 2.34. The van der Waals surface area contributed by atoms with Gasteiger partial charge in [-0.3, -0.25) is 5.32 Å². The monoisotopic (exact) mass is 284 g/mol. The summed E-state index contributed by atoms with van der Waals surface area (Å²) in [5.41, 5.74) is 0. The average Bonchev–Trinajstić information content (AvgIpc) is 2.75. The molecule has 0 bridgehead atoms. The molecule has 0 saturated carbocycles. The lowest BCUT2D eigenvalue weighted by molar-refractivity contribution is 0.122. The number of halogens is 1. The summed E-state index contributed by atoms with van der Waals surface area (Å²) in [4.78, 5) is 0. The maximum Gasteiger partial charge on any atom is 0.0752 e. The molecule has 0 aromatic carbocycles. The minimum absolute atomic E-state index is 0.502. The second-order valence-electron chi connectivity index (χ2n) is 3.06.